The summed E-state index contributed by atoms with van der Waals surface area (Å²) in [4.78, 5) is 3.52. The lowest BCUT2D eigenvalue weighted by Crippen LogP contribution is -2.54. The van der Waals surface area contributed by atoms with Crippen LogP contribution in [0.5, 0.6) is 0 Å². The van der Waals surface area contributed by atoms with Gasteiger partial charge in [-0.05, 0) is 31.2 Å². The molecule has 4 N–H and O–H groups in total. The van der Waals surface area contributed by atoms with Gasteiger partial charge in [0.05, 0.1) is 22.7 Å². The number of halogens is 1. The monoisotopic (exact) mass is 436 g/mol. The largest absolute Gasteiger partial charge is 0.388 e. The fourth-order valence-electron chi connectivity index (χ4n) is 4.93. The SMILES string of the molecule is C[C@H]1O[C@@H](n2c3ccc(Cl)cc3c3ccc4c5ccccc5[nH]c4c32)[C@H](O)[C@H](O)[C@H]1O. The summed E-state index contributed by atoms with van der Waals surface area (Å²) < 4.78 is 7.96. The molecule has 0 bridgehead atoms. The second-order valence-corrected chi connectivity index (χ2v) is 8.73. The van der Waals surface area contributed by atoms with E-state index < -0.39 is 30.6 Å². The number of para-hydroxylation sites is 1. The summed E-state index contributed by atoms with van der Waals surface area (Å²) >= 11 is 6.32. The number of ether oxygens (including phenoxy) is 1. The van der Waals surface area contributed by atoms with E-state index in [0.29, 0.717) is 5.02 Å². The highest BCUT2D eigenvalue weighted by Crippen LogP contribution is 2.42. The highest BCUT2D eigenvalue weighted by Gasteiger charge is 2.43. The van der Waals surface area contributed by atoms with Gasteiger partial charge in [-0.3, -0.25) is 0 Å². The van der Waals surface area contributed by atoms with Gasteiger partial charge in [0, 0.05) is 32.1 Å². The van der Waals surface area contributed by atoms with E-state index in [0.717, 1.165) is 43.6 Å². The number of aromatic nitrogens is 2. The maximum Gasteiger partial charge on any atom is 0.163 e. The normalized spacial score (nSPS) is 27.1. The lowest BCUT2D eigenvalue weighted by atomic mass is 9.99. The van der Waals surface area contributed by atoms with Crippen molar-refractivity contribution in [2.24, 2.45) is 0 Å². The van der Waals surface area contributed by atoms with Gasteiger partial charge in [-0.15, -0.1) is 0 Å². The van der Waals surface area contributed by atoms with Crippen molar-refractivity contribution in [2.75, 3.05) is 0 Å². The summed E-state index contributed by atoms with van der Waals surface area (Å²) in [7, 11) is 0. The molecular formula is C24H21ClN2O4. The van der Waals surface area contributed by atoms with Crippen LogP contribution in [-0.2, 0) is 4.74 Å². The van der Waals surface area contributed by atoms with Gasteiger partial charge in [0.15, 0.2) is 6.23 Å². The number of nitrogens with zero attached hydrogens (tertiary/aromatic N) is 1. The summed E-state index contributed by atoms with van der Waals surface area (Å²) in [6, 6.07) is 17.8. The molecule has 0 unspecified atom stereocenters. The number of hydrogen-bond acceptors (Lipinski definition) is 4. The predicted molar refractivity (Wildman–Crippen MR) is 121 cm³/mol. The minimum atomic E-state index is -1.32. The van der Waals surface area contributed by atoms with E-state index >= 15 is 0 Å². The average molecular weight is 437 g/mol. The molecular weight excluding hydrogens is 416 g/mol. The Morgan fingerprint density at radius 1 is 0.871 bits per heavy atom. The zero-order valence-corrected chi connectivity index (χ0v) is 17.4. The first-order valence-corrected chi connectivity index (χ1v) is 10.7. The van der Waals surface area contributed by atoms with Gasteiger partial charge in [-0.25, -0.2) is 0 Å². The minimum Gasteiger partial charge on any atom is -0.388 e. The predicted octanol–water partition coefficient (Wildman–Crippen LogP) is 4.08. The zero-order chi connectivity index (χ0) is 21.4. The van der Waals surface area contributed by atoms with Gasteiger partial charge in [-0.2, -0.15) is 0 Å². The number of aliphatic hydroxyl groups is 3. The number of nitrogens with one attached hydrogen (secondary N) is 1. The first-order chi connectivity index (χ1) is 15.0. The Bertz CT molecular complexity index is 1470. The third-order valence-corrected chi connectivity index (χ3v) is 6.72. The molecule has 1 aliphatic rings. The summed E-state index contributed by atoms with van der Waals surface area (Å²) in [6.45, 7) is 1.69. The van der Waals surface area contributed by atoms with Crippen LogP contribution in [0.1, 0.15) is 13.2 Å². The van der Waals surface area contributed by atoms with Gasteiger partial charge in [-0.1, -0.05) is 41.9 Å². The maximum absolute atomic E-state index is 10.9. The van der Waals surface area contributed by atoms with Crippen molar-refractivity contribution in [3.8, 4) is 0 Å². The Morgan fingerprint density at radius 3 is 2.48 bits per heavy atom. The molecule has 1 saturated heterocycles. The molecule has 3 aromatic carbocycles. The van der Waals surface area contributed by atoms with Crippen LogP contribution < -0.4 is 0 Å². The Hall–Kier alpha value is -2.61. The molecule has 6 nitrogen and oxygen atoms in total. The molecule has 3 heterocycles. The van der Waals surface area contributed by atoms with E-state index in [2.05, 4.69) is 23.2 Å². The maximum atomic E-state index is 10.9. The van der Waals surface area contributed by atoms with Crippen molar-refractivity contribution in [1.29, 1.82) is 0 Å². The number of benzene rings is 3. The van der Waals surface area contributed by atoms with Gasteiger partial charge >= 0.3 is 0 Å². The quantitative estimate of drug-likeness (QED) is 0.318. The highest BCUT2D eigenvalue weighted by molar-refractivity contribution is 6.32. The first kappa shape index (κ1) is 19.1. The minimum absolute atomic E-state index is 0.609. The van der Waals surface area contributed by atoms with Crippen LogP contribution in [0.2, 0.25) is 5.02 Å². The molecule has 31 heavy (non-hydrogen) atoms. The number of aliphatic hydroxyl groups excluding tert-OH is 3. The number of aromatic amines is 1. The topological polar surface area (TPSA) is 90.6 Å². The van der Waals surface area contributed by atoms with Gasteiger partial charge in [0.2, 0.25) is 0 Å². The van der Waals surface area contributed by atoms with Crippen LogP contribution in [-0.4, -0.2) is 49.3 Å². The Kier molecular flexibility index (Phi) is 4.12. The fraction of sp³-hybridized carbons (Fsp3) is 0.250. The molecule has 0 radical (unpaired) electrons. The van der Waals surface area contributed by atoms with Crippen LogP contribution in [0.25, 0.3) is 43.6 Å². The van der Waals surface area contributed by atoms with Crippen LogP contribution in [0.3, 0.4) is 0 Å². The van der Waals surface area contributed by atoms with Gasteiger partial charge in [0.25, 0.3) is 0 Å². The van der Waals surface area contributed by atoms with E-state index in [1.807, 2.05) is 34.9 Å². The van der Waals surface area contributed by atoms with Crippen molar-refractivity contribution in [1.82, 2.24) is 9.55 Å². The number of rotatable bonds is 1. The summed E-state index contributed by atoms with van der Waals surface area (Å²) in [6.07, 6.45) is -5.32. The summed E-state index contributed by atoms with van der Waals surface area (Å²) in [5, 5.41) is 36.2. The van der Waals surface area contributed by atoms with Crippen molar-refractivity contribution >= 4 is 55.2 Å². The van der Waals surface area contributed by atoms with Crippen LogP contribution in [0, 0.1) is 0 Å². The summed E-state index contributed by atoms with van der Waals surface area (Å²) in [5.41, 5.74) is 3.60. The molecule has 0 spiro atoms. The molecule has 5 atom stereocenters. The third kappa shape index (κ3) is 2.60. The molecule has 0 amide bonds. The van der Waals surface area contributed by atoms with Crippen LogP contribution in [0.15, 0.2) is 54.6 Å². The second-order valence-electron chi connectivity index (χ2n) is 8.29. The van der Waals surface area contributed by atoms with Crippen LogP contribution in [0.4, 0.5) is 0 Å². The molecule has 6 rings (SSSR count). The molecule has 158 valence electrons. The molecule has 1 aliphatic heterocycles. The number of hydrogen-bond donors (Lipinski definition) is 4. The lowest BCUT2D eigenvalue weighted by Gasteiger charge is -2.40. The molecule has 1 fully saturated rings. The van der Waals surface area contributed by atoms with Gasteiger partial charge < -0.3 is 29.6 Å². The molecule has 0 saturated carbocycles. The van der Waals surface area contributed by atoms with Crippen molar-refractivity contribution < 1.29 is 20.1 Å². The third-order valence-electron chi connectivity index (χ3n) is 6.49. The highest BCUT2D eigenvalue weighted by atomic mass is 35.5. The Morgan fingerprint density at radius 2 is 1.65 bits per heavy atom. The smallest absolute Gasteiger partial charge is 0.163 e. The molecule has 5 aromatic rings. The summed E-state index contributed by atoms with van der Waals surface area (Å²) in [5.74, 6) is 0. The molecule has 0 aliphatic carbocycles. The van der Waals surface area contributed by atoms with Crippen molar-refractivity contribution in [2.45, 2.75) is 37.6 Å². The van der Waals surface area contributed by atoms with E-state index in [4.69, 9.17) is 16.3 Å². The molecule has 7 heteroatoms. The van der Waals surface area contributed by atoms with Crippen LogP contribution >= 0.6 is 11.6 Å². The standard InChI is InChI=1S/C24H21ClN2O4/c1-11-21(28)22(29)23(30)24(31-11)27-18-9-6-12(25)10-16(18)15-8-7-14-13-4-2-3-5-17(13)26-19(14)20(15)27/h2-11,21-24,26,28-30H,1H3/t11-,21+,22-,23-,24-/m1/s1. The lowest BCUT2D eigenvalue weighted by molar-refractivity contribution is -0.238. The van der Waals surface area contributed by atoms with Gasteiger partial charge in [0.1, 0.15) is 18.3 Å². The van der Waals surface area contributed by atoms with E-state index in [1.165, 1.54) is 0 Å². The van der Waals surface area contributed by atoms with E-state index in [9.17, 15) is 15.3 Å². The fourth-order valence-corrected chi connectivity index (χ4v) is 5.11. The second kappa shape index (κ2) is 6.69. The number of H-pyrrole nitrogens is 1. The Balaban J connectivity index is 1.76. The Labute approximate surface area is 182 Å². The first-order valence-electron chi connectivity index (χ1n) is 10.3. The van der Waals surface area contributed by atoms with E-state index in [1.54, 1.807) is 13.0 Å². The van der Waals surface area contributed by atoms with Crippen molar-refractivity contribution in [3.05, 3.63) is 59.6 Å². The average Bonchev–Trinajstić information content (AvgIpc) is 3.30. The zero-order valence-electron chi connectivity index (χ0n) is 16.7. The van der Waals surface area contributed by atoms with Crippen molar-refractivity contribution in [3.63, 3.8) is 0 Å². The van der Waals surface area contributed by atoms with E-state index in [-0.39, 0.29) is 0 Å². The number of fused-ring (bicyclic) bond motifs is 7. The molecule has 2 aromatic heterocycles.